The van der Waals surface area contributed by atoms with Crippen LogP contribution < -0.4 is 4.74 Å². The van der Waals surface area contributed by atoms with Crippen molar-refractivity contribution in [1.29, 1.82) is 0 Å². The summed E-state index contributed by atoms with van der Waals surface area (Å²) < 4.78 is 5.39. The van der Waals surface area contributed by atoms with Crippen LogP contribution in [0.2, 0.25) is 5.02 Å². The standard InChI is InChI=1S/C18H19ClN4O3/c1-2-26-16-4-3-13(11-14(16)19)17(24)22-7-9-23(10-8-22)18(25)15-12-20-5-6-21-15/h3-6,11-12H,2,7-10H2,1H3. The number of benzene rings is 1. The molecule has 0 bridgehead atoms. The van der Waals surface area contributed by atoms with Crippen LogP contribution in [0.15, 0.2) is 36.8 Å². The summed E-state index contributed by atoms with van der Waals surface area (Å²) in [5.74, 6) is 0.279. The van der Waals surface area contributed by atoms with E-state index >= 15 is 0 Å². The van der Waals surface area contributed by atoms with Gasteiger partial charge < -0.3 is 14.5 Å². The number of aromatic nitrogens is 2. The summed E-state index contributed by atoms with van der Waals surface area (Å²) in [4.78, 5) is 36.4. The Morgan fingerprint density at radius 3 is 2.38 bits per heavy atom. The van der Waals surface area contributed by atoms with Gasteiger partial charge >= 0.3 is 0 Å². The average molecular weight is 375 g/mol. The lowest BCUT2D eigenvalue weighted by molar-refractivity contribution is 0.0532. The SMILES string of the molecule is CCOc1ccc(C(=O)N2CCN(C(=O)c3cnccn3)CC2)cc1Cl. The fourth-order valence-electron chi connectivity index (χ4n) is 2.77. The number of hydrogen-bond donors (Lipinski definition) is 0. The molecule has 0 atom stereocenters. The maximum atomic E-state index is 12.7. The van der Waals surface area contributed by atoms with Crippen molar-refractivity contribution in [3.8, 4) is 5.75 Å². The minimum Gasteiger partial charge on any atom is -0.492 e. The summed E-state index contributed by atoms with van der Waals surface area (Å²) in [5, 5.41) is 0.411. The number of hydrogen-bond acceptors (Lipinski definition) is 5. The van der Waals surface area contributed by atoms with Crippen LogP contribution in [-0.2, 0) is 0 Å². The van der Waals surface area contributed by atoms with Crippen LogP contribution in [-0.4, -0.2) is 64.4 Å². The fourth-order valence-corrected chi connectivity index (χ4v) is 3.01. The zero-order valence-electron chi connectivity index (χ0n) is 14.4. The van der Waals surface area contributed by atoms with E-state index < -0.39 is 0 Å². The lowest BCUT2D eigenvalue weighted by Crippen LogP contribution is -2.50. The van der Waals surface area contributed by atoms with Crippen LogP contribution in [0.4, 0.5) is 0 Å². The Balaban J connectivity index is 1.62. The van der Waals surface area contributed by atoms with Gasteiger partial charge in [-0.2, -0.15) is 0 Å². The van der Waals surface area contributed by atoms with Gasteiger partial charge in [-0.25, -0.2) is 4.98 Å². The molecule has 1 aromatic heterocycles. The molecule has 26 heavy (non-hydrogen) atoms. The number of nitrogens with zero attached hydrogens (tertiary/aromatic N) is 4. The van der Waals surface area contributed by atoms with E-state index in [9.17, 15) is 9.59 Å². The molecule has 0 unspecified atom stereocenters. The predicted octanol–water partition coefficient (Wildman–Crippen LogP) is 2.13. The molecule has 0 saturated carbocycles. The first-order valence-electron chi connectivity index (χ1n) is 8.37. The third-order valence-electron chi connectivity index (χ3n) is 4.12. The highest BCUT2D eigenvalue weighted by atomic mass is 35.5. The molecular formula is C18H19ClN4O3. The second-order valence-electron chi connectivity index (χ2n) is 5.75. The van der Waals surface area contributed by atoms with E-state index in [4.69, 9.17) is 16.3 Å². The van der Waals surface area contributed by atoms with Gasteiger partial charge in [0.25, 0.3) is 11.8 Å². The summed E-state index contributed by atoms with van der Waals surface area (Å²) in [6.45, 7) is 4.19. The van der Waals surface area contributed by atoms with Crippen LogP contribution in [0.5, 0.6) is 5.75 Å². The molecule has 1 fully saturated rings. The first kappa shape index (κ1) is 18.1. The third-order valence-corrected chi connectivity index (χ3v) is 4.41. The van der Waals surface area contributed by atoms with Gasteiger partial charge in [0, 0.05) is 44.1 Å². The van der Waals surface area contributed by atoms with E-state index in [2.05, 4.69) is 9.97 Å². The van der Waals surface area contributed by atoms with Gasteiger partial charge in [0.15, 0.2) is 0 Å². The average Bonchev–Trinajstić information content (AvgIpc) is 2.69. The zero-order chi connectivity index (χ0) is 18.5. The van der Waals surface area contributed by atoms with Gasteiger partial charge in [-0.15, -0.1) is 0 Å². The van der Waals surface area contributed by atoms with E-state index in [0.29, 0.717) is 54.8 Å². The van der Waals surface area contributed by atoms with Crippen LogP contribution >= 0.6 is 11.6 Å². The van der Waals surface area contributed by atoms with Gasteiger partial charge in [0.1, 0.15) is 11.4 Å². The minimum absolute atomic E-state index is 0.110. The number of halogens is 1. The molecule has 3 rings (SSSR count). The Morgan fingerprint density at radius 1 is 1.12 bits per heavy atom. The molecular weight excluding hydrogens is 356 g/mol. The van der Waals surface area contributed by atoms with Gasteiger partial charge in [0.05, 0.1) is 17.8 Å². The molecule has 2 amide bonds. The van der Waals surface area contributed by atoms with Crippen molar-refractivity contribution in [3.05, 3.63) is 53.1 Å². The van der Waals surface area contributed by atoms with E-state index in [1.165, 1.54) is 18.6 Å². The van der Waals surface area contributed by atoms with Gasteiger partial charge in [-0.1, -0.05) is 11.6 Å². The summed E-state index contributed by atoms with van der Waals surface area (Å²) in [6, 6.07) is 5.02. The Morgan fingerprint density at radius 2 is 1.81 bits per heavy atom. The highest BCUT2D eigenvalue weighted by Crippen LogP contribution is 2.26. The predicted molar refractivity (Wildman–Crippen MR) is 96.5 cm³/mol. The Bertz CT molecular complexity index is 792. The van der Waals surface area contributed by atoms with Crippen LogP contribution in [0.25, 0.3) is 0 Å². The van der Waals surface area contributed by atoms with E-state index in [0.717, 1.165) is 0 Å². The second kappa shape index (κ2) is 8.14. The maximum Gasteiger partial charge on any atom is 0.274 e. The molecule has 1 aromatic carbocycles. The lowest BCUT2D eigenvalue weighted by atomic mass is 10.1. The largest absolute Gasteiger partial charge is 0.492 e. The molecule has 2 heterocycles. The van der Waals surface area contributed by atoms with Crippen molar-refractivity contribution in [2.75, 3.05) is 32.8 Å². The smallest absolute Gasteiger partial charge is 0.274 e. The van der Waals surface area contributed by atoms with Crippen LogP contribution in [0, 0.1) is 0 Å². The Labute approximate surface area is 156 Å². The van der Waals surface area contributed by atoms with Crippen molar-refractivity contribution < 1.29 is 14.3 Å². The van der Waals surface area contributed by atoms with E-state index in [-0.39, 0.29) is 11.8 Å². The molecule has 8 heteroatoms. The van der Waals surface area contributed by atoms with Crippen molar-refractivity contribution in [2.45, 2.75) is 6.92 Å². The summed E-state index contributed by atoms with van der Waals surface area (Å²) in [5.41, 5.74) is 0.817. The minimum atomic E-state index is -0.172. The Kier molecular flexibility index (Phi) is 5.68. The molecule has 1 aliphatic heterocycles. The molecule has 1 aliphatic rings. The number of carbonyl (C=O) groups excluding carboxylic acids is 2. The number of ether oxygens (including phenoxy) is 1. The molecule has 2 aromatic rings. The molecule has 0 radical (unpaired) electrons. The highest BCUT2D eigenvalue weighted by molar-refractivity contribution is 6.32. The molecule has 136 valence electrons. The van der Waals surface area contributed by atoms with Crippen LogP contribution in [0.1, 0.15) is 27.8 Å². The molecule has 0 aliphatic carbocycles. The zero-order valence-corrected chi connectivity index (χ0v) is 15.1. The van der Waals surface area contributed by atoms with Gasteiger partial charge in [-0.3, -0.25) is 14.6 Å². The third kappa shape index (κ3) is 3.94. The quantitative estimate of drug-likeness (QED) is 0.819. The van der Waals surface area contributed by atoms with Crippen molar-refractivity contribution >= 4 is 23.4 Å². The first-order chi connectivity index (χ1) is 12.6. The number of amides is 2. The van der Waals surface area contributed by atoms with E-state index in [1.807, 2.05) is 6.92 Å². The molecule has 1 saturated heterocycles. The second-order valence-corrected chi connectivity index (χ2v) is 6.16. The van der Waals surface area contributed by atoms with Gasteiger partial charge in [0.2, 0.25) is 0 Å². The molecule has 7 nitrogen and oxygen atoms in total. The van der Waals surface area contributed by atoms with Gasteiger partial charge in [-0.05, 0) is 25.1 Å². The van der Waals surface area contributed by atoms with Crippen molar-refractivity contribution in [3.63, 3.8) is 0 Å². The number of piperazine rings is 1. The number of rotatable bonds is 4. The summed E-state index contributed by atoms with van der Waals surface area (Å²) >= 11 is 6.16. The molecule has 0 N–H and O–H groups in total. The Hall–Kier alpha value is -2.67. The monoisotopic (exact) mass is 374 g/mol. The highest BCUT2D eigenvalue weighted by Gasteiger charge is 2.26. The fraction of sp³-hybridized carbons (Fsp3) is 0.333. The van der Waals surface area contributed by atoms with Crippen molar-refractivity contribution in [1.82, 2.24) is 19.8 Å². The van der Waals surface area contributed by atoms with Crippen molar-refractivity contribution in [2.24, 2.45) is 0 Å². The normalized spacial score (nSPS) is 14.2. The number of carbonyl (C=O) groups is 2. The van der Waals surface area contributed by atoms with Crippen LogP contribution in [0.3, 0.4) is 0 Å². The summed E-state index contributed by atoms with van der Waals surface area (Å²) in [7, 11) is 0. The maximum absolute atomic E-state index is 12.7. The topological polar surface area (TPSA) is 75.6 Å². The van der Waals surface area contributed by atoms with E-state index in [1.54, 1.807) is 28.0 Å². The lowest BCUT2D eigenvalue weighted by Gasteiger charge is -2.34. The summed E-state index contributed by atoms with van der Waals surface area (Å²) in [6.07, 6.45) is 4.46. The molecule has 0 spiro atoms. The first-order valence-corrected chi connectivity index (χ1v) is 8.75.